The minimum absolute atomic E-state index is 0.116. The summed E-state index contributed by atoms with van der Waals surface area (Å²) in [6.45, 7) is 6.73. The monoisotopic (exact) mass is 227 g/mol. The molecule has 1 aromatic carbocycles. The van der Waals surface area contributed by atoms with Gasteiger partial charge < -0.3 is 10.5 Å². The van der Waals surface area contributed by atoms with Gasteiger partial charge in [-0.25, -0.2) is 0 Å². The number of nitrogen functional groups attached to an aromatic ring is 1. The molecule has 0 bridgehead atoms. The summed E-state index contributed by atoms with van der Waals surface area (Å²) in [5.41, 5.74) is 7.38. The van der Waals surface area contributed by atoms with E-state index in [0.29, 0.717) is 11.6 Å². The van der Waals surface area contributed by atoms with Crippen molar-refractivity contribution < 1.29 is 4.74 Å². The highest BCUT2D eigenvalue weighted by molar-refractivity contribution is 6.30. The first-order valence-corrected chi connectivity index (χ1v) is 5.50. The Morgan fingerprint density at radius 3 is 2.67 bits per heavy atom. The Bertz CT molecular complexity index is 336. The van der Waals surface area contributed by atoms with Crippen LogP contribution in [-0.4, -0.2) is 5.60 Å². The molecule has 0 saturated carbocycles. The molecule has 15 heavy (non-hydrogen) atoms. The molecule has 2 N–H and O–H groups in total. The van der Waals surface area contributed by atoms with Crippen LogP contribution in [0.5, 0.6) is 0 Å². The van der Waals surface area contributed by atoms with Crippen molar-refractivity contribution in [3.8, 4) is 0 Å². The molecule has 0 amide bonds. The number of anilines is 1. The normalized spacial score (nSPS) is 11.7. The minimum atomic E-state index is -0.116. The van der Waals surface area contributed by atoms with Crippen LogP contribution in [0, 0.1) is 0 Å². The van der Waals surface area contributed by atoms with E-state index < -0.39 is 0 Å². The lowest BCUT2D eigenvalue weighted by molar-refractivity contribution is -0.0313. The van der Waals surface area contributed by atoms with Crippen LogP contribution < -0.4 is 5.73 Å². The Hall–Kier alpha value is -0.730. The molecule has 0 heterocycles. The fourth-order valence-electron chi connectivity index (χ4n) is 1.07. The molecule has 0 aromatic heterocycles. The molecule has 84 valence electrons. The third kappa shape index (κ3) is 3.73. The van der Waals surface area contributed by atoms with Gasteiger partial charge in [0.25, 0.3) is 0 Å². The number of halogens is 1. The number of rotatable bonds is 4. The highest BCUT2D eigenvalue weighted by atomic mass is 35.5. The molecular weight excluding hydrogens is 210 g/mol. The zero-order valence-corrected chi connectivity index (χ0v) is 10.3. The number of nitrogens with two attached hydrogens (primary N) is 1. The highest BCUT2D eigenvalue weighted by Crippen LogP contribution is 2.22. The van der Waals surface area contributed by atoms with Gasteiger partial charge in [0.15, 0.2) is 0 Å². The molecule has 3 heteroatoms. The van der Waals surface area contributed by atoms with E-state index in [4.69, 9.17) is 22.1 Å². The van der Waals surface area contributed by atoms with Crippen molar-refractivity contribution in [3.05, 3.63) is 28.8 Å². The van der Waals surface area contributed by atoms with Gasteiger partial charge in [0, 0.05) is 16.3 Å². The van der Waals surface area contributed by atoms with Crippen LogP contribution in [0.3, 0.4) is 0 Å². The van der Waals surface area contributed by atoms with E-state index >= 15 is 0 Å². The van der Waals surface area contributed by atoms with Crippen LogP contribution in [0.1, 0.15) is 32.8 Å². The van der Waals surface area contributed by atoms with Crippen molar-refractivity contribution >= 4 is 17.3 Å². The first-order chi connectivity index (χ1) is 6.94. The van der Waals surface area contributed by atoms with Gasteiger partial charge >= 0.3 is 0 Å². The van der Waals surface area contributed by atoms with Gasteiger partial charge in [-0.1, -0.05) is 18.5 Å². The fraction of sp³-hybridized carbons (Fsp3) is 0.500. The molecule has 0 aliphatic heterocycles. The predicted octanol–water partition coefficient (Wildman–Crippen LogP) is 3.63. The van der Waals surface area contributed by atoms with Gasteiger partial charge in [-0.2, -0.15) is 0 Å². The molecule has 0 radical (unpaired) electrons. The lowest BCUT2D eigenvalue weighted by Crippen LogP contribution is -2.22. The maximum absolute atomic E-state index is 5.89. The zero-order valence-electron chi connectivity index (χ0n) is 9.51. The Labute approximate surface area is 96.4 Å². The van der Waals surface area contributed by atoms with E-state index in [9.17, 15) is 0 Å². The van der Waals surface area contributed by atoms with Crippen LogP contribution in [-0.2, 0) is 11.3 Å². The molecule has 0 aliphatic carbocycles. The van der Waals surface area contributed by atoms with Gasteiger partial charge in [-0.15, -0.1) is 0 Å². The SMILES string of the molecule is CCC(C)(C)OCc1cc(Cl)ccc1N. The summed E-state index contributed by atoms with van der Waals surface area (Å²) in [5, 5.41) is 0.692. The molecule has 0 aliphatic rings. The lowest BCUT2D eigenvalue weighted by Gasteiger charge is -2.23. The summed E-state index contributed by atoms with van der Waals surface area (Å²) in [6, 6.07) is 5.44. The minimum Gasteiger partial charge on any atom is -0.398 e. The largest absolute Gasteiger partial charge is 0.398 e. The van der Waals surface area contributed by atoms with Gasteiger partial charge in [0.1, 0.15) is 0 Å². The van der Waals surface area contributed by atoms with Gasteiger partial charge in [0.05, 0.1) is 12.2 Å². The number of hydrogen-bond donors (Lipinski definition) is 1. The zero-order chi connectivity index (χ0) is 11.5. The Balaban J connectivity index is 2.69. The lowest BCUT2D eigenvalue weighted by atomic mass is 10.1. The summed E-state index contributed by atoms with van der Waals surface area (Å²) in [6.07, 6.45) is 0.966. The second kappa shape index (κ2) is 4.86. The number of hydrogen-bond acceptors (Lipinski definition) is 2. The van der Waals surface area contributed by atoms with Crippen molar-refractivity contribution in [1.82, 2.24) is 0 Å². The molecule has 0 unspecified atom stereocenters. The average Bonchev–Trinajstić information content (AvgIpc) is 2.20. The molecule has 1 aromatic rings. The Morgan fingerprint density at radius 1 is 1.40 bits per heavy atom. The van der Waals surface area contributed by atoms with Crippen LogP contribution in [0.15, 0.2) is 18.2 Å². The van der Waals surface area contributed by atoms with E-state index in [1.807, 2.05) is 6.07 Å². The third-order valence-electron chi connectivity index (χ3n) is 2.57. The van der Waals surface area contributed by atoms with Crippen molar-refractivity contribution in [3.63, 3.8) is 0 Å². The summed E-state index contributed by atoms with van der Waals surface area (Å²) in [5.74, 6) is 0. The predicted molar refractivity (Wildman–Crippen MR) is 65.0 cm³/mol. The molecule has 0 spiro atoms. The van der Waals surface area contributed by atoms with E-state index in [1.165, 1.54) is 0 Å². The summed E-state index contributed by atoms with van der Waals surface area (Å²) in [7, 11) is 0. The fourth-order valence-corrected chi connectivity index (χ4v) is 1.27. The summed E-state index contributed by atoms with van der Waals surface area (Å²) < 4.78 is 5.76. The Morgan fingerprint density at radius 2 is 2.07 bits per heavy atom. The number of ether oxygens (including phenoxy) is 1. The maximum atomic E-state index is 5.89. The van der Waals surface area contributed by atoms with Crippen molar-refractivity contribution in [2.45, 2.75) is 39.4 Å². The summed E-state index contributed by atoms with van der Waals surface area (Å²) >= 11 is 5.89. The van der Waals surface area contributed by atoms with E-state index in [0.717, 1.165) is 17.7 Å². The van der Waals surface area contributed by atoms with Crippen LogP contribution in [0.25, 0.3) is 0 Å². The first-order valence-electron chi connectivity index (χ1n) is 5.12. The first kappa shape index (κ1) is 12.3. The molecule has 0 fully saturated rings. The quantitative estimate of drug-likeness (QED) is 0.798. The summed E-state index contributed by atoms with van der Waals surface area (Å²) in [4.78, 5) is 0. The van der Waals surface area contributed by atoms with E-state index in [1.54, 1.807) is 12.1 Å². The van der Waals surface area contributed by atoms with Crippen molar-refractivity contribution in [2.24, 2.45) is 0 Å². The smallest absolute Gasteiger partial charge is 0.0744 e. The molecule has 0 saturated heterocycles. The van der Waals surface area contributed by atoms with Crippen molar-refractivity contribution in [1.29, 1.82) is 0 Å². The maximum Gasteiger partial charge on any atom is 0.0744 e. The standard InChI is InChI=1S/C12H18ClNO/c1-4-12(2,3)15-8-9-7-10(13)5-6-11(9)14/h5-7H,4,8,14H2,1-3H3. The van der Waals surface area contributed by atoms with Gasteiger partial charge in [-0.3, -0.25) is 0 Å². The van der Waals surface area contributed by atoms with E-state index in [-0.39, 0.29) is 5.60 Å². The van der Waals surface area contributed by atoms with Crippen molar-refractivity contribution in [2.75, 3.05) is 5.73 Å². The molecular formula is C12H18ClNO. The van der Waals surface area contributed by atoms with Gasteiger partial charge in [0.2, 0.25) is 0 Å². The van der Waals surface area contributed by atoms with Crippen LogP contribution in [0.4, 0.5) is 5.69 Å². The second-order valence-electron chi connectivity index (χ2n) is 4.25. The van der Waals surface area contributed by atoms with Crippen LogP contribution >= 0.6 is 11.6 Å². The molecule has 0 atom stereocenters. The van der Waals surface area contributed by atoms with Gasteiger partial charge in [-0.05, 0) is 38.5 Å². The average molecular weight is 228 g/mol. The third-order valence-corrected chi connectivity index (χ3v) is 2.81. The Kier molecular flexibility index (Phi) is 4.00. The molecule has 2 nitrogen and oxygen atoms in total. The van der Waals surface area contributed by atoms with Crippen LogP contribution in [0.2, 0.25) is 5.02 Å². The topological polar surface area (TPSA) is 35.2 Å². The highest BCUT2D eigenvalue weighted by Gasteiger charge is 2.15. The molecule has 1 rings (SSSR count). The van der Waals surface area contributed by atoms with E-state index in [2.05, 4.69) is 20.8 Å². The second-order valence-corrected chi connectivity index (χ2v) is 4.68. The number of benzene rings is 1.